The number of rotatable bonds is 15. The van der Waals surface area contributed by atoms with Crippen LogP contribution in [-0.2, 0) is 23.9 Å². The number of halogens is 1. The number of nitrogens with one attached hydrogen (secondary N) is 3. The van der Waals surface area contributed by atoms with E-state index in [1.165, 1.54) is 17.4 Å². The fourth-order valence-electron chi connectivity index (χ4n) is 9.78. The van der Waals surface area contributed by atoms with Crippen molar-refractivity contribution < 1.29 is 43.2 Å². The smallest absolute Gasteiger partial charge is 0.408 e. The highest BCUT2D eigenvalue weighted by molar-refractivity contribution is 8.14. The summed E-state index contributed by atoms with van der Waals surface area (Å²) in [6.07, 6.45) is 2.90. The Kier molecular flexibility index (Phi) is 13.4. The summed E-state index contributed by atoms with van der Waals surface area (Å²) >= 11 is 8.78. The van der Waals surface area contributed by atoms with E-state index >= 15 is 0 Å². The third kappa shape index (κ3) is 10.2. The number of aromatic nitrogens is 1. The van der Waals surface area contributed by atoms with Crippen LogP contribution in [0.25, 0.3) is 10.9 Å². The number of thioether (sulfide) groups is 1. The molecule has 0 spiro atoms. The molecule has 3 saturated carbocycles. The van der Waals surface area contributed by atoms with E-state index in [0.29, 0.717) is 77.1 Å². The van der Waals surface area contributed by atoms with Crippen LogP contribution in [0, 0.1) is 23.2 Å². The highest BCUT2D eigenvalue weighted by Crippen LogP contribution is 2.52. The molecule has 1 aromatic heterocycles. The number of aliphatic carboxylic acids is 1. The third-order valence-electron chi connectivity index (χ3n) is 13.7. The monoisotopic (exact) mass is 937 g/mol. The molecular weight excluding hydrogens is 874 g/mol. The summed E-state index contributed by atoms with van der Waals surface area (Å²) in [5, 5.41) is 20.9. The summed E-state index contributed by atoms with van der Waals surface area (Å²) in [6, 6.07) is 3.13. The molecule has 16 nitrogen and oxygen atoms in total. The number of carbonyl (C=O) groups is 4. The van der Waals surface area contributed by atoms with Crippen molar-refractivity contribution in [2.75, 3.05) is 45.2 Å². The normalized spacial score (nSPS) is 29.7. The number of carboxylic acid groups (broad SMARTS) is 1. The maximum Gasteiger partial charge on any atom is 0.408 e. The summed E-state index contributed by atoms with van der Waals surface area (Å²) in [5.74, 6) is -0.0781. The minimum absolute atomic E-state index is 0.0318. The summed E-state index contributed by atoms with van der Waals surface area (Å²) in [7, 11) is 0. The number of hydrogen-bond donors (Lipinski definition) is 4. The van der Waals surface area contributed by atoms with E-state index in [2.05, 4.69) is 55.1 Å². The number of carbonyl (C=O) groups excluding carboxylic acids is 3. The van der Waals surface area contributed by atoms with E-state index in [1.54, 1.807) is 17.8 Å². The van der Waals surface area contributed by atoms with Crippen LogP contribution < -0.4 is 25.4 Å². The van der Waals surface area contributed by atoms with E-state index in [1.807, 2.05) is 32.9 Å². The lowest BCUT2D eigenvalue weighted by Gasteiger charge is -2.41. The maximum atomic E-state index is 14.8. The van der Waals surface area contributed by atoms with E-state index in [9.17, 15) is 24.3 Å². The summed E-state index contributed by atoms with van der Waals surface area (Å²) in [5.41, 5.74) is -1.38. The van der Waals surface area contributed by atoms with E-state index < -0.39 is 58.9 Å². The predicted molar refractivity (Wildman–Crippen MR) is 248 cm³/mol. The lowest BCUT2D eigenvalue weighted by molar-refractivity contribution is -0.146. The zero-order valence-electron chi connectivity index (χ0n) is 38.5. The van der Waals surface area contributed by atoms with Crippen LogP contribution in [0.15, 0.2) is 35.8 Å². The SMILES string of the molecule is C=C[C@@H]1C[C@]1(NC(=O)[C@@H]1C[C@@H](Oc2cc(C3CSC(NC(C)C)=N3)nc3c(Cl)c(OCCN4CCOCC4(C)C)ccc23)CN1C(=O)[C@@H](NC(=O)OC1C[C@@H]2C[C@@H]2C1)C(C)(C)C)C(=O)O. The van der Waals surface area contributed by atoms with Crippen molar-refractivity contribution >= 4 is 63.3 Å². The van der Waals surface area contributed by atoms with Crippen LogP contribution in [-0.4, -0.2) is 136 Å². The zero-order valence-corrected chi connectivity index (χ0v) is 40.1. The summed E-state index contributed by atoms with van der Waals surface area (Å²) < 4.78 is 24.7. The number of ether oxygens (including phenoxy) is 4. The fraction of sp³-hybridized carbons (Fsp3) is 0.660. The van der Waals surface area contributed by atoms with Crippen LogP contribution in [0.5, 0.6) is 11.5 Å². The van der Waals surface area contributed by atoms with Crippen LogP contribution >= 0.6 is 23.4 Å². The van der Waals surface area contributed by atoms with Gasteiger partial charge in [0.2, 0.25) is 11.8 Å². The molecule has 6 aliphatic rings. The standard InChI is InChI=1S/C47H64ClN7O9S/c1-9-28-21-47(28,42(58)59)53-40(56)34-19-30(22-55(34)41(57)39(45(4,5)6)52-44(60)64-29-17-26-16-27(26)18-29)63-36-20-32(33-23-65-43(51-33)49-25(2)3)50-38-31(36)10-11-35(37(38)48)62-15-13-54-12-14-61-24-46(54,7)8/h9-11,20,25-30,33-34,39H,1,12-19,21-24H2,2-8H3,(H,49,51)(H,52,60)(H,53,56)(H,58,59)/t26-,27+,28-,29?,30-,33?,34+,39-,47-/m1/s1. The molecule has 0 bridgehead atoms. The van der Waals surface area contributed by atoms with Crippen LogP contribution in [0.3, 0.4) is 0 Å². The Labute approximate surface area is 390 Å². The largest absolute Gasteiger partial charge is 0.491 e. The molecule has 354 valence electrons. The molecule has 2 unspecified atom stereocenters. The number of benzene rings is 1. The Morgan fingerprint density at radius 3 is 2.52 bits per heavy atom. The molecule has 65 heavy (non-hydrogen) atoms. The first-order valence-electron chi connectivity index (χ1n) is 22.9. The lowest BCUT2D eigenvalue weighted by atomic mass is 9.85. The molecule has 5 fully saturated rings. The van der Waals surface area contributed by atoms with Crippen LogP contribution in [0.1, 0.15) is 92.3 Å². The molecule has 2 saturated heterocycles. The van der Waals surface area contributed by atoms with Gasteiger partial charge < -0.3 is 44.9 Å². The number of hydrogen-bond acceptors (Lipinski definition) is 13. The average molecular weight is 939 g/mol. The van der Waals surface area contributed by atoms with Crippen molar-refractivity contribution in [3.05, 3.63) is 41.6 Å². The van der Waals surface area contributed by atoms with Gasteiger partial charge in [-0.25, -0.2) is 14.6 Å². The van der Waals surface area contributed by atoms with Gasteiger partial charge in [0.1, 0.15) is 59.0 Å². The second-order valence-corrected chi connectivity index (χ2v) is 22.0. The molecule has 3 aliphatic carbocycles. The molecule has 8 rings (SSSR count). The molecule has 3 amide bonds. The quantitative estimate of drug-likeness (QED) is 0.153. The Morgan fingerprint density at radius 1 is 1.11 bits per heavy atom. The van der Waals surface area contributed by atoms with Gasteiger partial charge in [-0.15, -0.1) is 6.58 Å². The van der Waals surface area contributed by atoms with Gasteiger partial charge >= 0.3 is 12.1 Å². The number of amidine groups is 1. The molecule has 18 heteroatoms. The highest BCUT2D eigenvalue weighted by Gasteiger charge is 2.61. The minimum atomic E-state index is -1.53. The molecule has 2 aromatic rings. The van der Waals surface area contributed by atoms with Gasteiger partial charge in [0, 0.05) is 54.2 Å². The van der Waals surface area contributed by atoms with Crippen molar-refractivity contribution in [2.24, 2.45) is 28.2 Å². The van der Waals surface area contributed by atoms with Crippen molar-refractivity contribution in [2.45, 2.75) is 128 Å². The fourth-order valence-corrected chi connectivity index (χ4v) is 11.1. The number of aliphatic imine (C=N–C) groups is 1. The predicted octanol–water partition coefficient (Wildman–Crippen LogP) is 5.95. The number of nitrogens with zero attached hydrogens (tertiary/aromatic N) is 4. The van der Waals surface area contributed by atoms with Crippen molar-refractivity contribution in [1.82, 2.24) is 30.7 Å². The second kappa shape index (κ2) is 18.4. The first-order chi connectivity index (χ1) is 30.8. The Hall–Kier alpha value is -4.32. The number of alkyl carbamates (subject to hydrolysis) is 1. The van der Waals surface area contributed by atoms with Gasteiger partial charge in [-0.3, -0.25) is 19.5 Å². The van der Waals surface area contributed by atoms with Crippen molar-refractivity contribution in [3.63, 3.8) is 0 Å². The van der Waals surface area contributed by atoms with Gasteiger partial charge in [-0.05, 0) is 82.8 Å². The second-order valence-electron chi connectivity index (χ2n) is 20.6. The summed E-state index contributed by atoms with van der Waals surface area (Å²) in [6.45, 7) is 20.8. The van der Waals surface area contributed by atoms with Gasteiger partial charge in [-0.1, -0.05) is 50.2 Å². The number of likely N-dealkylation sites (tertiary alicyclic amines) is 1. The number of amides is 3. The molecule has 4 N–H and O–H groups in total. The number of morpholine rings is 1. The summed E-state index contributed by atoms with van der Waals surface area (Å²) in [4.78, 5) is 68.8. The van der Waals surface area contributed by atoms with Gasteiger partial charge in [0.05, 0.1) is 31.0 Å². The average Bonchev–Trinajstić information content (AvgIpc) is 3.91. The topological polar surface area (TPSA) is 193 Å². The van der Waals surface area contributed by atoms with E-state index in [-0.39, 0.29) is 43.1 Å². The van der Waals surface area contributed by atoms with Gasteiger partial charge in [0.25, 0.3) is 0 Å². The molecule has 3 aliphatic heterocycles. The van der Waals surface area contributed by atoms with Crippen LogP contribution in [0.4, 0.5) is 4.79 Å². The molecule has 1 aromatic carbocycles. The molecule has 0 radical (unpaired) electrons. The van der Waals surface area contributed by atoms with Gasteiger partial charge in [-0.2, -0.15) is 0 Å². The molecular formula is C47H64ClN7O9S. The lowest BCUT2D eigenvalue weighted by Crippen LogP contribution is -2.59. The first-order valence-corrected chi connectivity index (χ1v) is 24.3. The third-order valence-corrected chi connectivity index (χ3v) is 15.1. The Morgan fingerprint density at radius 2 is 1.86 bits per heavy atom. The Balaban J connectivity index is 1.09. The van der Waals surface area contributed by atoms with Crippen molar-refractivity contribution in [1.29, 1.82) is 0 Å². The first kappa shape index (κ1) is 47.2. The van der Waals surface area contributed by atoms with Gasteiger partial charge in [0.15, 0.2) is 5.17 Å². The highest BCUT2D eigenvalue weighted by atomic mass is 35.5. The number of fused-ring (bicyclic) bond motifs is 2. The minimum Gasteiger partial charge on any atom is -0.491 e. The maximum absolute atomic E-state index is 14.8. The molecule has 9 atom stereocenters. The van der Waals surface area contributed by atoms with E-state index in [4.69, 9.17) is 40.5 Å². The Bertz CT molecular complexity index is 2230. The van der Waals surface area contributed by atoms with Crippen molar-refractivity contribution in [3.8, 4) is 11.5 Å². The van der Waals surface area contributed by atoms with Crippen LogP contribution in [0.2, 0.25) is 5.02 Å². The zero-order chi connectivity index (χ0) is 46.6. The van der Waals surface area contributed by atoms with E-state index in [0.717, 1.165) is 24.6 Å². The molecule has 4 heterocycles. The number of pyridine rings is 1. The number of carboxylic acids is 1.